The topological polar surface area (TPSA) is 113 Å². The summed E-state index contributed by atoms with van der Waals surface area (Å²) in [6.07, 6.45) is 11.6. The quantitative estimate of drug-likeness (QED) is 0.113. The molecular weight excluding hydrogens is 776 g/mol. The van der Waals surface area contributed by atoms with E-state index >= 15 is 4.39 Å². The number of amides is 1. The minimum absolute atomic E-state index is 0.0881. The van der Waals surface area contributed by atoms with Crippen LogP contribution in [0.25, 0.3) is 32.9 Å². The van der Waals surface area contributed by atoms with Crippen LogP contribution in [0.15, 0.2) is 42.6 Å². The maximum absolute atomic E-state index is 16.5. The SMILES string of the molecule is C#Cc1ccc(COc2c(-c3c(C)c(F)cc4c3cnn4C3CCCCO3)c(C3CC3)cc3c(N(C)[C@H]4CCN(C(=O)OC(C)(C)C)C4)nc(O[C@@H](C)[C@H](C)OC)nc23)cc1. The molecule has 0 spiro atoms. The maximum Gasteiger partial charge on any atom is 0.410 e. The van der Waals surface area contributed by atoms with Gasteiger partial charge in [0.25, 0.3) is 0 Å². The van der Waals surface area contributed by atoms with Crippen molar-refractivity contribution in [2.75, 3.05) is 38.8 Å². The van der Waals surface area contributed by atoms with Gasteiger partial charge < -0.3 is 33.5 Å². The Labute approximate surface area is 357 Å². The summed E-state index contributed by atoms with van der Waals surface area (Å²) >= 11 is 0. The lowest BCUT2D eigenvalue weighted by atomic mass is 9.88. The molecule has 4 heterocycles. The second kappa shape index (κ2) is 17.1. The monoisotopic (exact) mass is 832 g/mol. The van der Waals surface area contributed by atoms with Crippen molar-refractivity contribution in [3.8, 4) is 35.2 Å². The Bertz CT molecular complexity index is 2460. The number of fused-ring (bicyclic) bond motifs is 2. The number of rotatable bonds is 12. The third-order valence-corrected chi connectivity index (χ3v) is 12.3. The number of likely N-dealkylation sites (tertiary alicyclic amines) is 1. The van der Waals surface area contributed by atoms with Crippen molar-refractivity contribution in [1.82, 2.24) is 24.6 Å². The number of nitrogens with zero attached hydrogens (tertiary/aromatic N) is 6. The molecule has 8 rings (SSSR count). The van der Waals surface area contributed by atoms with Gasteiger partial charge >= 0.3 is 12.1 Å². The molecule has 1 unspecified atom stereocenters. The number of hydrogen-bond acceptors (Lipinski definition) is 10. The van der Waals surface area contributed by atoms with Crippen LogP contribution in [0, 0.1) is 25.1 Å². The number of terminal acetylenes is 1. The Morgan fingerprint density at radius 1 is 1.05 bits per heavy atom. The summed E-state index contributed by atoms with van der Waals surface area (Å²) in [7, 11) is 3.64. The Morgan fingerprint density at radius 2 is 1.82 bits per heavy atom. The number of hydrogen-bond donors (Lipinski definition) is 0. The van der Waals surface area contributed by atoms with Gasteiger partial charge in [0, 0.05) is 73.4 Å². The third kappa shape index (κ3) is 8.70. The zero-order chi connectivity index (χ0) is 43.2. The van der Waals surface area contributed by atoms with Gasteiger partial charge in [-0.05, 0) is 121 Å². The van der Waals surface area contributed by atoms with Crippen LogP contribution in [0.3, 0.4) is 0 Å². The predicted octanol–water partition coefficient (Wildman–Crippen LogP) is 9.48. The molecule has 1 amide bonds. The first kappa shape index (κ1) is 42.2. The van der Waals surface area contributed by atoms with Gasteiger partial charge in [-0.25, -0.2) is 13.9 Å². The van der Waals surface area contributed by atoms with Crippen molar-refractivity contribution in [1.29, 1.82) is 0 Å². The fourth-order valence-corrected chi connectivity index (χ4v) is 8.41. The standard InChI is InChI=1S/C48H57FN6O6/c1-10-31-14-16-32(17-15-31)27-59-44-42(41-28(2)38(49)24-39-37(41)25-50-55(39)40-13-11-12-22-58-40)35(33-18-19-33)23-36-43(44)51-46(60-30(4)29(3)57-9)52-45(36)53(8)34-20-21-54(26-34)47(56)61-48(5,6)7/h1,14-17,23-25,29-30,33-34,40H,11-13,18-22,26-27H2,2-9H3/t29-,30-,34-,40?/m0/s1. The highest BCUT2D eigenvalue weighted by Gasteiger charge is 2.37. The van der Waals surface area contributed by atoms with Crippen LogP contribution in [0.1, 0.15) is 108 Å². The van der Waals surface area contributed by atoms with Gasteiger partial charge in [0.15, 0.2) is 12.0 Å². The lowest BCUT2D eigenvalue weighted by molar-refractivity contribution is -0.0366. The Morgan fingerprint density at radius 3 is 2.49 bits per heavy atom. The van der Waals surface area contributed by atoms with Crippen LogP contribution >= 0.6 is 0 Å². The molecule has 2 aromatic heterocycles. The molecule has 0 bridgehead atoms. The van der Waals surface area contributed by atoms with Gasteiger partial charge in [0.2, 0.25) is 0 Å². The molecule has 322 valence electrons. The average Bonchev–Trinajstić information content (AvgIpc) is 3.82. The van der Waals surface area contributed by atoms with E-state index in [1.807, 2.05) is 83.7 Å². The number of carbonyl (C=O) groups excluding carboxylic acids is 1. The van der Waals surface area contributed by atoms with E-state index in [2.05, 4.69) is 16.9 Å². The number of benzene rings is 3. The normalized spacial score (nSPS) is 19.2. The molecule has 2 saturated heterocycles. The van der Waals surface area contributed by atoms with Crippen LogP contribution in [0.4, 0.5) is 15.0 Å². The van der Waals surface area contributed by atoms with Crippen molar-refractivity contribution in [2.45, 2.75) is 123 Å². The summed E-state index contributed by atoms with van der Waals surface area (Å²) < 4.78 is 49.4. The van der Waals surface area contributed by atoms with E-state index in [0.717, 1.165) is 65.1 Å². The smallest absolute Gasteiger partial charge is 0.410 e. The van der Waals surface area contributed by atoms with Crippen molar-refractivity contribution in [2.24, 2.45) is 0 Å². The van der Waals surface area contributed by atoms with Crippen LogP contribution in [0.5, 0.6) is 11.8 Å². The molecule has 3 aliphatic rings. The first-order chi connectivity index (χ1) is 29.2. The van der Waals surface area contributed by atoms with Crippen molar-refractivity contribution < 1.29 is 32.9 Å². The molecule has 1 saturated carbocycles. The Balaban J connectivity index is 1.35. The van der Waals surface area contributed by atoms with E-state index in [4.69, 9.17) is 45.2 Å². The molecule has 3 aromatic carbocycles. The van der Waals surface area contributed by atoms with Crippen molar-refractivity contribution >= 4 is 33.7 Å². The maximum atomic E-state index is 16.5. The van der Waals surface area contributed by atoms with Crippen LogP contribution in [0.2, 0.25) is 0 Å². The van der Waals surface area contributed by atoms with Gasteiger partial charge in [0.1, 0.15) is 35.5 Å². The van der Waals surface area contributed by atoms with Gasteiger partial charge in [-0.1, -0.05) is 18.1 Å². The fraction of sp³-hybridized carbons (Fsp3) is 0.500. The minimum Gasteiger partial charge on any atom is -0.486 e. The highest BCUT2D eigenvalue weighted by molar-refractivity contribution is 6.06. The van der Waals surface area contributed by atoms with E-state index in [9.17, 15) is 4.79 Å². The van der Waals surface area contributed by atoms with E-state index in [0.29, 0.717) is 59.8 Å². The van der Waals surface area contributed by atoms with E-state index in [1.54, 1.807) is 18.1 Å². The average molecular weight is 833 g/mol. The number of aromatic nitrogens is 4. The zero-order valence-electron chi connectivity index (χ0n) is 36.6. The van der Waals surface area contributed by atoms with Gasteiger partial charge in [-0.2, -0.15) is 15.1 Å². The molecule has 61 heavy (non-hydrogen) atoms. The summed E-state index contributed by atoms with van der Waals surface area (Å²) in [5.41, 5.74) is 5.22. The van der Waals surface area contributed by atoms with E-state index in [1.165, 1.54) is 0 Å². The third-order valence-electron chi connectivity index (χ3n) is 12.3. The number of methoxy groups -OCH3 is 1. The number of halogens is 1. The first-order valence-corrected chi connectivity index (χ1v) is 21.5. The molecule has 1 aliphatic carbocycles. The fourth-order valence-electron chi connectivity index (χ4n) is 8.41. The van der Waals surface area contributed by atoms with Crippen LogP contribution in [-0.4, -0.2) is 88.4 Å². The molecular formula is C48H57FN6O6. The summed E-state index contributed by atoms with van der Waals surface area (Å²) in [4.78, 5) is 27.3. The summed E-state index contributed by atoms with van der Waals surface area (Å²) in [5.74, 6) is 3.66. The second-order valence-electron chi connectivity index (χ2n) is 17.7. The van der Waals surface area contributed by atoms with Crippen LogP contribution in [-0.2, 0) is 20.8 Å². The van der Waals surface area contributed by atoms with Crippen molar-refractivity contribution in [3.05, 3.63) is 70.7 Å². The van der Waals surface area contributed by atoms with Gasteiger partial charge in [0.05, 0.1) is 17.8 Å². The highest BCUT2D eigenvalue weighted by atomic mass is 19.1. The lowest BCUT2D eigenvalue weighted by Crippen LogP contribution is -2.39. The van der Waals surface area contributed by atoms with Gasteiger partial charge in [-0.15, -0.1) is 6.42 Å². The largest absolute Gasteiger partial charge is 0.486 e. The summed E-state index contributed by atoms with van der Waals surface area (Å²) in [6.45, 7) is 13.1. The summed E-state index contributed by atoms with van der Waals surface area (Å²) in [5, 5.41) is 6.40. The molecule has 3 fully saturated rings. The number of ether oxygens (including phenoxy) is 5. The van der Waals surface area contributed by atoms with Gasteiger partial charge in [-0.3, -0.25) is 0 Å². The van der Waals surface area contributed by atoms with Crippen molar-refractivity contribution in [3.63, 3.8) is 0 Å². The molecule has 5 aromatic rings. The molecule has 4 atom stereocenters. The first-order valence-electron chi connectivity index (χ1n) is 21.5. The Hall–Kier alpha value is -5.45. The number of likely N-dealkylation sites (N-methyl/N-ethyl adjacent to an activating group) is 1. The lowest BCUT2D eigenvalue weighted by Gasteiger charge is -2.29. The Kier molecular flexibility index (Phi) is 11.9. The molecule has 0 radical (unpaired) electrons. The van der Waals surface area contributed by atoms with E-state index in [-0.39, 0.29) is 48.8 Å². The summed E-state index contributed by atoms with van der Waals surface area (Å²) in [6, 6.07) is 11.5. The van der Waals surface area contributed by atoms with E-state index < -0.39 is 11.7 Å². The number of carbonyl (C=O) groups is 1. The molecule has 13 heteroatoms. The molecule has 0 N–H and O–H groups in total. The minimum atomic E-state index is -0.614. The number of anilines is 1. The predicted molar refractivity (Wildman–Crippen MR) is 234 cm³/mol. The molecule has 12 nitrogen and oxygen atoms in total. The highest BCUT2D eigenvalue weighted by Crippen LogP contribution is 2.53. The van der Waals surface area contributed by atoms with Crippen LogP contribution < -0.4 is 14.4 Å². The molecule has 2 aliphatic heterocycles. The zero-order valence-corrected chi connectivity index (χ0v) is 36.6. The second-order valence-corrected chi connectivity index (χ2v) is 17.7.